The number of nitrogens with zero attached hydrogens (tertiary/aromatic N) is 2. The Bertz CT molecular complexity index is 884. The van der Waals surface area contributed by atoms with Gasteiger partial charge in [-0.05, 0) is 43.7 Å². The number of fused-ring (bicyclic) bond motifs is 1. The van der Waals surface area contributed by atoms with E-state index in [1.807, 2.05) is 25.1 Å². The molecule has 0 spiro atoms. The predicted octanol–water partition coefficient (Wildman–Crippen LogP) is 2.03. The van der Waals surface area contributed by atoms with Gasteiger partial charge in [-0.25, -0.2) is 4.98 Å². The molecule has 1 aromatic carbocycles. The molecule has 3 aromatic rings. The first-order chi connectivity index (χ1) is 11.1. The van der Waals surface area contributed by atoms with Crippen LogP contribution in [0.3, 0.4) is 0 Å². The fourth-order valence-corrected chi connectivity index (χ4v) is 2.37. The van der Waals surface area contributed by atoms with Crippen molar-refractivity contribution in [2.45, 2.75) is 13.8 Å². The van der Waals surface area contributed by atoms with Crippen molar-refractivity contribution in [2.24, 2.45) is 0 Å². The molecule has 0 aliphatic carbocycles. The number of pyridine rings is 1. The number of hydrazine groups is 1. The first-order valence-electron chi connectivity index (χ1n) is 7.17. The Balaban J connectivity index is 1.79. The zero-order valence-corrected chi connectivity index (χ0v) is 12.8. The molecular weight excluding hydrogens is 292 g/mol. The normalized spacial score (nSPS) is 10.5. The Morgan fingerprint density at radius 3 is 2.43 bits per heavy atom. The molecule has 6 heteroatoms. The zero-order valence-electron chi connectivity index (χ0n) is 12.8. The molecule has 116 valence electrons. The van der Waals surface area contributed by atoms with Gasteiger partial charge in [0.2, 0.25) is 0 Å². The topological polar surface area (TPSA) is 75.5 Å². The molecule has 2 amide bonds. The summed E-state index contributed by atoms with van der Waals surface area (Å²) in [5.74, 6) is -0.788. The summed E-state index contributed by atoms with van der Waals surface area (Å²) in [5.41, 5.74) is 8.07. The van der Waals surface area contributed by atoms with E-state index in [2.05, 4.69) is 15.8 Å². The Morgan fingerprint density at radius 1 is 1.00 bits per heavy atom. The molecule has 2 aromatic heterocycles. The van der Waals surface area contributed by atoms with Crippen LogP contribution in [0.4, 0.5) is 0 Å². The highest BCUT2D eigenvalue weighted by molar-refractivity contribution is 5.99. The molecule has 0 fully saturated rings. The Hall–Kier alpha value is -3.15. The van der Waals surface area contributed by atoms with Crippen LogP contribution in [0.2, 0.25) is 0 Å². The second-order valence-electron chi connectivity index (χ2n) is 5.25. The Kier molecular flexibility index (Phi) is 3.80. The van der Waals surface area contributed by atoms with Gasteiger partial charge in [-0.1, -0.05) is 18.2 Å². The van der Waals surface area contributed by atoms with Crippen LogP contribution in [0.15, 0.2) is 48.7 Å². The molecule has 0 unspecified atom stereocenters. The van der Waals surface area contributed by atoms with Crippen LogP contribution in [-0.4, -0.2) is 21.2 Å². The highest BCUT2D eigenvalue weighted by Gasteiger charge is 2.17. The number of carbonyl (C=O) groups is 2. The first kappa shape index (κ1) is 14.8. The smallest absolute Gasteiger partial charge is 0.288 e. The van der Waals surface area contributed by atoms with Crippen LogP contribution in [0.5, 0.6) is 0 Å². The van der Waals surface area contributed by atoms with E-state index in [1.165, 1.54) is 0 Å². The summed E-state index contributed by atoms with van der Waals surface area (Å²) in [6.45, 7) is 3.72. The molecule has 0 saturated heterocycles. The minimum atomic E-state index is -0.414. The Morgan fingerprint density at radius 2 is 1.70 bits per heavy atom. The number of imidazole rings is 1. The summed E-state index contributed by atoms with van der Waals surface area (Å²) in [6.07, 6.45) is 1.79. The first-order valence-corrected chi connectivity index (χ1v) is 7.17. The lowest BCUT2D eigenvalue weighted by Crippen LogP contribution is -2.42. The average molecular weight is 308 g/mol. The lowest BCUT2D eigenvalue weighted by Gasteiger charge is -2.08. The number of rotatable bonds is 2. The van der Waals surface area contributed by atoms with Gasteiger partial charge in [0.25, 0.3) is 11.8 Å². The van der Waals surface area contributed by atoms with E-state index in [1.54, 1.807) is 41.8 Å². The van der Waals surface area contributed by atoms with Crippen molar-refractivity contribution < 1.29 is 9.59 Å². The highest BCUT2D eigenvalue weighted by Crippen LogP contribution is 2.13. The summed E-state index contributed by atoms with van der Waals surface area (Å²) < 4.78 is 1.70. The van der Waals surface area contributed by atoms with Gasteiger partial charge in [0.05, 0.1) is 5.69 Å². The monoisotopic (exact) mass is 308 g/mol. The van der Waals surface area contributed by atoms with Crippen LogP contribution in [0.1, 0.15) is 32.1 Å². The maximum Gasteiger partial charge on any atom is 0.288 e. The number of aryl methyl sites for hydroxylation is 2. The number of carbonyl (C=O) groups excluding carboxylic acids is 2. The van der Waals surface area contributed by atoms with Crippen molar-refractivity contribution in [3.8, 4) is 0 Å². The van der Waals surface area contributed by atoms with Gasteiger partial charge in [0, 0.05) is 11.8 Å². The van der Waals surface area contributed by atoms with Crippen LogP contribution >= 0.6 is 0 Å². The maximum absolute atomic E-state index is 12.4. The van der Waals surface area contributed by atoms with Crippen LogP contribution in [0, 0.1) is 13.8 Å². The van der Waals surface area contributed by atoms with Crippen molar-refractivity contribution in [3.63, 3.8) is 0 Å². The van der Waals surface area contributed by atoms with E-state index >= 15 is 0 Å². The molecule has 0 radical (unpaired) electrons. The summed E-state index contributed by atoms with van der Waals surface area (Å²) in [6, 6.07) is 12.5. The third-order valence-electron chi connectivity index (χ3n) is 3.50. The van der Waals surface area contributed by atoms with Crippen molar-refractivity contribution in [1.82, 2.24) is 20.2 Å². The molecule has 0 bridgehead atoms. The minimum Gasteiger partial charge on any atom is -0.295 e. The highest BCUT2D eigenvalue weighted by atomic mass is 16.2. The predicted molar refractivity (Wildman–Crippen MR) is 86.0 cm³/mol. The molecule has 2 N–H and O–H groups in total. The van der Waals surface area contributed by atoms with E-state index in [0.29, 0.717) is 22.6 Å². The molecular formula is C17H16N4O2. The van der Waals surface area contributed by atoms with E-state index in [4.69, 9.17) is 0 Å². The maximum atomic E-state index is 12.4. The molecule has 0 aliphatic heterocycles. The molecule has 2 heterocycles. The van der Waals surface area contributed by atoms with Gasteiger partial charge in [-0.2, -0.15) is 0 Å². The summed E-state index contributed by atoms with van der Waals surface area (Å²) in [5, 5.41) is 0. The van der Waals surface area contributed by atoms with Gasteiger partial charge < -0.3 is 0 Å². The number of hydrogen-bond donors (Lipinski definition) is 2. The van der Waals surface area contributed by atoms with Gasteiger partial charge in [0.1, 0.15) is 11.3 Å². The molecule has 0 aliphatic rings. The molecule has 0 atom stereocenters. The van der Waals surface area contributed by atoms with E-state index in [9.17, 15) is 9.59 Å². The summed E-state index contributed by atoms with van der Waals surface area (Å²) >= 11 is 0. The lowest BCUT2D eigenvalue weighted by atomic mass is 10.2. The number of aromatic nitrogens is 2. The standard InChI is InChI=1S/C17H16N4O2/c1-11-8-9-21-14(10-11)18-12(2)15(21)17(23)20-19-16(22)13-6-4-3-5-7-13/h3-10H,1-2H3,(H,19,22)(H,20,23). The largest absolute Gasteiger partial charge is 0.295 e. The second-order valence-corrected chi connectivity index (χ2v) is 5.25. The Labute approximate surface area is 133 Å². The van der Waals surface area contributed by atoms with Crippen molar-refractivity contribution >= 4 is 17.5 Å². The van der Waals surface area contributed by atoms with Gasteiger partial charge in [-0.3, -0.25) is 24.8 Å². The fourth-order valence-electron chi connectivity index (χ4n) is 2.37. The SMILES string of the molecule is Cc1ccn2c(C(=O)NNC(=O)c3ccccc3)c(C)nc2c1. The average Bonchev–Trinajstić information content (AvgIpc) is 2.88. The zero-order chi connectivity index (χ0) is 16.4. The van der Waals surface area contributed by atoms with Gasteiger partial charge in [0.15, 0.2) is 0 Å². The van der Waals surface area contributed by atoms with E-state index < -0.39 is 5.91 Å². The third-order valence-corrected chi connectivity index (χ3v) is 3.50. The van der Waals surface area contributed by atoms with Crippen molar-refractivity contribution in [2.75, 3.05) is 0 Å². The number of amides is 2. The van der Waals surface area contributed by atoms with Crippen LogP contribution in [-0.2, 0) is 0 Å². The van der Waals surface area contributed by atoms with Gasteiger partial charge in [-0.15, -0.1) is 0 Å². The third kappa shape index (κ3) is 2.91. The molecule has 3 rings (SSSR count). The number of nitrogens with one attached hydrogen (secondary N) is 2. The molecule has 23 heavy (non-hydrogen) atoms. The van der Waals surface area contributed by atoms with Crippen LogP contribution < -0.4 is 10.9 Å². The van der Waals surface area contributed by atoms with Crippen LogP contribution in [0.25, 0.3) is 5.65 Å². The van der Waals surface area contributed by atoms with Gasteiger partial charge >= 0.3 is 0 Å². The second kappa shape index (κ2) is 5.92. The molecule has 6 nitrogen and oxygen atoms in total. The van der Waals surface area contributed by atoms with E-state index in [0.717, 1.165) is 5.56 Å². The summed E-state index contributed by atoms with van der Waals surface area (Å²) in [7, 11) is 0. The lowest BCUT2D eigenvalue weighted by molar-refractivity contribution is 0.0843. The van der Waals surface area contributed by atoms with E-state index in [-0.39, 0.29) is 5.91 Å². The number of benzene rings is 1. The summed E-state index contributed by atoms with van der Waals surface area (Å²) in [4.78, 5) is 28.7. The quantitative estimate of drug-likeness (QED) is 0.711. The number of hydrogen-bond acceptors (Lipinski definition) is 3. The minimum absolute atomic E-state index is 0.374. The van der Waals surface area contributed by atoms with Crippen molar-refractivity contribution in [3.05, 3.63) is 71.2 Å². The molecule has 0 saturated carbocycles. The fraction of sp³-hybridized carbons (Fsp3) is 0.118. The van der Waals surface area contributed by atoms with Crippen molar-refractivity contribution in [1.29, 1.82) is 0 Å².